The Kier molecular flexibility index (Phi) is 7.70. The van der Waals surface area contributed by atoms with Crippen molar-refractivity contribution in [2.45, 2.75) is 45.8 Å². The third-order valence-corrected chi connectivity index (χ3v) is 5.98. The second kappa shape index (κ2) is 10.7. The van der Waals surface area contributed by atoms with E-state index in [1.807, 2.05) is 32.0 Å². The van der Waals surface area contributed by atoms with E-state index in [0.29, 0.717) is 35.0 Å². The SMILES string of the molecule is CCc1nn(CCOCC(F)(F)F)c2c(Nc3cccc(C)n3)nc(N3CCC(CO)CC3)nc12. The Morgan fingerprint density at radius 3 is 2.60 bits per heavy atom. The predicted octanol–water partition coefficient (Wildman–Crippen LogP) is 3.62. The zero-order chi connectivity index (χ0) is 25.0. The third-order valence-electron chi connectivity index (χ3n) is 5.98. The van der Waals surface area contributed by atoms with E-state index in [1.165, 1.54) is 0 Å². The fourth-order valence-electron chi connectivity index (χ4n) is 4.15. The van der Waals surface area contributed by atoms with Gasteiger partial charge in [0.1, 0.15) is 23.5 Å². The lowest BCUT2D eigenvalue weighted by Crippen LogP contribution is -2.36. The van der Waals surface area contributed by atoms with Crippen LogP contribution in [0.3, 0.4) is 0 Å². The summed E-state index contributed by atoms with van der Waals surface area (Å²) in [5.74, 6) is 1.89. The first kappa shape index (κ1) is 25.1. The zero-order valence-electron chi connectivity index (χ0n) is 19.8. The van der Waals surface area contributed by atoms with Crippen LogP contribution in [-0.4, -0.2) is 68.9 Å². The van der Waals surface area contributed by atoms with Crippen molar-refractivity contribution in [3.63, 3.8) is 0 Å². The van der Waals surface area contributed by atoms with Crippen molar-refractivity contribution < 1.29 is 23.0 Å². The van der Waals surface area contributed by atoms with Crippen molar-refractivity contribution in [1.29, 1.82) is 0 Å². The Morgan fingerprint density at radius 2 is 1.94 bits per heavy atom. The number of aliphatic hydroxyl groups is 1. The van der Waals surface area contributed by atoms with Crippen LogP contribution in [0.4, 0.5) is 30.8 Å². The summed E-state index contributed by atoms with van der Waals surface area (Å²) in [6.07, 6.45) is -2.10. The number of rotatable bonds is 9. The monoisotopic (exact) mass is 493 g/mol. The minimum absolute atomic E-state index is 0.118. The third kappa shape index (κ3) is 6.17. The number of pyridine rings is 1. The molecule has 1 saturated heterocycles. The van der Waals surface area contributed by atoms with Crippen molar-refractivity contribution >= 4 is 28.6 Å². The second-order valence-electron chi connectivity index (χ2n) is 8.66. The molecule has 2 N–H and O–H groups in total. The number of aliphatic hydroxyl groups excluding tert-OH is 1. The van der Waals surface area contributed by atoms with Crippen LogP contribution in [0.5, 0.6) is 0 Å². The number of hydrogen-bond acceptors (Lipinski definition) is 8. The highest BCUT2D eigenvalue weighted by atomic mass is 19.4. The molecule has 1 aliphatic heterocycles. The molecule has 0 unspecified atom stereocenters. The highest BCUT2D eigenvalue weighted by molar-refractivity contribution is 5.90. The smallest absolute Gasteiger partial charge is 0.396 e. The minimum Gasteiger partial charge on any atom is -0.396 e. The van der Waals surface area contributed by atoms with E-state index in [0.717, 1.165) is 37.3 Å². The number of halogens is 3. The van der Waals surface area contributed by atoms with Gasteiger partial charge in [0, 0.05) is 25.4 Å². The van der Waals surface area contributed by atoms with Crippen LogP contribution in [0.15, 0.2) is 18.2 Å². The number of nitrogens with zero attached hydrogens (tertiary/aromatic N) is 6. The topological polar surface area (TPSA) is 101 Å². The molecular weight excluding hydrogens is 463 g/mol. The standard InChI is InChI=1S/C23H30F3N7O2/c1-3-17-19-20(33(31-17)11-12-35-14-23(24,25)26)21(28-18-6-4-5-15(2)27-18)30-22(29-19)32-9-7-16(13-34)8-10-32/h4-6,16,34H,3,7-14H2,1-2H3,(H,27,28,29,30). The number of hydrogen-bond donors (Lipinski definition) is 2. The highest BCUT2D eigenvalue weighted by Crippen LogP contribution is 2.30. The summed E-state index contributed by atoms with van der Waals surface area (Å²) in [6, 6.07) is 5.58. The van der Waals surface area contributed by atoms with Gasteiger partial charge in [-0.2, -0.15) is 23.3 Å². The molecular formula is C23H30F3N7O2. The number of nitrogens with one attached hydrogen (secondary N) is 1. The summed E-state index contributed by atoms with van der Waals surface area (Å²) in [6.45, 7) is 4.11. The molecule has 35 heavy (non-hydrogen) atoms. The molecule has 0 aliphatic carbocycles. The molecule has 3 aromatic heterocycles. The number of anilines is 3. The van der Waals surface area contributed by atoms with Crippen LogP contribution < -0.4 is 10.2 Å². The number of ether oxygens (including phenoxy) is 1. The number of fused-ring (bicyclic) bond motifs is 1. The summed E-state index contributed by atoms with van der Waals surface area (Å²) < 4.78 is 43.9. The van der Waals surface area contributed by atoms with Gasteiger partial charge in [-0.1, -0.05) is 13.0 Å². The molecule has 4 rings (SSSR count). The van der Waals surface area contributed by atoms with Crippen LogP contribution in [-0.2, 0) is 17.7 Å². The largest absolute Gasteiger partial charge is 0.411 e. The molecule has 1 fully saturated rings. The Bertz CT molecular complexity index is 1140. The molecule has 0 saturated carbocycles. The Morgan fingerprint density at radius 1 is 1.17 bits per heavy atom. The van der Waals surface area contributed by atoms with E-state index in [1.54, 1.807) is 4.68 Å². The molecule has 0 bridgehead atoms. The first-order valence-corrected chi connectivity index (χ1v) is 11.8. The number of alkyl halides is 3. The highest BCUT2D eigenvalue weighted by Gasteiger charge is 2.28. The maximum Gasteiger partial charge on any atom is 0.411 e. The van der Waals surface area contributed by atoms with Gasteiger partial charge in [0.2, 0.25) is 5.95 Å². The molecule has 3 aromatic rings. The van der Waals surface area contributed by atoms with E-state index in [-0.39, 0.29) is 25.7 Å². The maximum absolute atomic E-state index is 12.5. The number of aromatic nitrogens is 5. The molecule has 0 radical (unpaired) electrons. The Balaban J connectivity index is 1.71. The summed E-state index contributed by atoms with van der Waals surface area (Å²) in [4.78, 5) is 16.2. The molecule has 12 heteroatoms. The molecule has 0 spiro atoms. The normalized spacial score (nSPS) is 15.2. The lowest BCUT2D eigenvalue weighted by atomic mass is 9.98. The number of aryl methyl sites for hydroxylation is 2. The quantitative estimate of drug-likeness (QED) is 0.436. The average Bonchev–Trinajstić information content (AvgIpc) is 3.19. The van der Waals surface area contributed by atoms with E-state index >= 15 is 0 Å². The van der Waals surface area contributed by atoms with Crippen LogP contribution in [0.1, 0.15) is 31.2 Å². The molecule has 9 nitrogen and oxygen atoms in total. The molecule has 1 aliphatic rings. The van der Waals surface area contributed by atoms with Crippen molar-refractivity contribution in [3.05, 3.63) is 29.6 Å². The van der Waals surface area contributed by atoms with Crippen molar-refractivity contribution in [3.8, 4) is 0 Å². The van der Waals surface area contributed by atoms with Gasteiger partial charge in [0.25, 0.3) is 0 Å². The van der Waals surface area contributed by atoms with Gasteiger partial charge in [-0.15, -0.1) is 0 Å². The summed E-state index contributed by atoms with van der Waals surface area (Å²) in [7, 11) is 0. The van der Waals surface area contributed by atoms with Crippen LogP contribution >= 0.6 is 0 Å². The van der Waals surface area contributed by atoms with Gasteiger partial charge in [0.05, 0.1) is 18.8 Å². The number of piperidine rings is 1. The predicted molar refractivity (Wildman–Crippen MR) is 126 cm³/mol. The van der Waals surface area contributed by atoms with Gasteiger partial charge in [-0.3, -0.25) is 4.68 Å². The van der Waals surface area contributed by atoms with Crippen molar-refractivity contribution in [2.24, 2.45) is 5.92 Å². The van der Waals surface area contributed by atoms with Gasteiger partial charge in [-0.25, -0.2) is 9.97 Å². The molecule has 0 atom stereocenters. The first-order chi connectivity index (χ1) is 16.8. The zero-order valence-corrected chi connectivity index (χ0v) is 19.8. The summed E-state index contributed by atoms with van der Waals surface area (Å²) >= 11 is 0. The first-order valence-electron chi connectivity index (χ1n) is 11.8. The van der Waals surface area contributed by atoms with E-state index in [4.69, 9.17) is 14.7 Å². The average molecular weight is 494 g/mol. The van der Waals surface area contributed by atoms with Gasteiger partial charge >= 0.3 is 6.18 Å². The van der Waals surface area contributed by atoms with Crippen LogP contribution in [0.2, 0.25) is 0 Å². The Hall–Kier alpha value is -2.99. The second-order valence-corrected chi connectivity index (χ2v) is 8.66. The summed E-state index contributed by atoms with van der Waals surface area (Å²) in [5, 5.41) is 17.4. The van der Waals surface area contributed by atoms with Gasteiger partial charge < -0.3 is 20.1 Å². The molecule has 190 valence electrons. The van der Waals surface area contributed by atoms with E-state index in [9.17, 15) is 18.3 Å². The van der Waals surface area contributed by atoms with Crippen LogP contribution in [0.25, 0.3) is 11.0 Å². The molecule has 0 amide bonds. The van der Waals surface area contributed by atoms with E-state index < -0.39 is 12.8 Å². The van der Waals surface area contributed by atoms with E-state index in [2.05, 4.69) is 20.3 Å². The molecule has 0 aromatic carbocycles. The molecule has 4 heterocycles. The lowest BCUT2D eigenvalue weighted by Gasteiger charge is -2.31. The van der Waals surface area contributed by atoms with Crippen LogP contribution in [0, 0.1) is 12.8 Å². The minimum atomic E-state index is -4.38. The fourth-order valence-corrected chi connectivity index (χ4v) is 4.15. The van der Waals surface area contributed by atoms with Crippen molar-refractivity contribution in [2.75, 3.05) is 43.1 Å². The summed E-state index contributed by atoms with van der Waals surface area (Å²) in [5.41, 5.74) is 2.79. The lowest BCUT2D eigenvalue weighted by molar-refractivity contribution is -0.174. The maximum atomic E-state index is 12.5. The Labute approximate surface area is 201 Å². The fraction of sp³-hybridized carbons (Fsp3) is 0.565. The van der Waals surface area contributed by atoms with Crippen molar-refractivity contribution in [1.82, 2.24) is 24.7 Å². The van der Waals surface area contributed by atoms with Gasteiger partial charge in [-0.05, 0) is 44.2 Å². The van der Waals surface area contributed by atoms with Gasteiger partial charge in [0.15, 0.2) is 5.82 Å².